The van der Waals surface area contributed by atoms with Crippen molar-refractivity contribution >= 4 is 38.1 Å². The van der Waals surface area contributed by atoms with E-state index in [9.17, 15) is 48.9 Å². The molecule has 21 nitrogen and oxygen atoms in total. The van der Waals surface area contributed by atoms with Crippen LogP contribution < -0.4 is 17.0 Å². The van der Waals surface area contributed by atoms with Gasteiger partial charge < -0.3 is 60.2 Å². The number of aliphatic hydroxyl groups is 4. The first-order valence-electron chi connectivity index (χ1n) is 13.0. The highest BCUT2D eigenvalue weighted by molar-refractivity contribution is 7.70. The van der Waals surface area contributed by atoms with Gasteiger partial charge in [-0.3, -0.25) is 27.9 Å². The summed E-state index contributed by atoms with van der Waals surface area (Å²) in [4.78, 5) is 56.0. The molecule has 45 heavy (non-hydrogen) atoms. The van der Waals surface area contributed by atoms with E-state index in [-0.39, 0.29) is 22.5 Å². The van der Waals surface area contributed by atoms with Crippen LogP contribution in [-0.2, 0) is 27.7 Å². The van der Waals surface area contributed by atoms with Gasteiger partial charge in [-0.25, -0.2) is 15.0 Å². The average molecular weight is 677 g/mol. The van der Waals surface area contributed by atoms with Gasteiger partial charge in [0.2, 0.25) is 5.91 Å². The monoisotopic (exact) mass is 677 g/mol. The smallest absolute Gasteiger partial charge is 0.340 e. The zero-order valence-electron chi connectivity index (χ0n) is 22.9. The standard InChI is InChI=1S/C22H29N7O14P2/c23-18-13-20(26-6-25-18)29(7-27-13)22-17(34)15(32)11(43-22)5-41-45(38,39)8-44(36,37)40-4-10-14(31)16(33)21(42-10)28-3-9(19(24)35)1-2-12(28)30/h1-3,6-7,10-11,14-17,21-22,31-34H,4-5,8H2,(H2,24,35)(H,36,37)(H,38,39)(H2,23,25,26)/t10-,11-,14-,15-,16-,17-,21-,22-/m1/s1. The molecule has 5 rings (SSSR count). The highest BCUT2D eigenvalue weighted by atomic mass is 31.2. The van der Waals surface area contributed by atoms with Gasteiger partial charge in [0.1, 0.15) is 48.5 Å². The minimum absolute atomic E-state index is 0.0546. The number of imidazole rings is 1. The number of anilines is 1. The van der Waals surface area contributed by atoms with E-state index in [0.29, 0.717) is 0 Å². The summed E-state index contributed by atoms with van der Waals surface area (Å²) < 4.78 is 48.1. The van der Waals surface area contributed by atoms with Crippen LogP contribution in [0.2, 0.25) is 0 Å². The van der Waals surface area contributed by atoms with Gasteiger partial charge >= 0.3 is 15.2 Å². The number of carbonyl (C=O) groups excluding carboxylic acids is 1. The number of ether oxygens (including phenoxy) is 2. The maximum absolute atomic E-state index is 12.6. The summed E-state index contributed by atoms with van der Waals surface area (Å²) in [6.45, 7) is -1.68. The summed E-state index contributed by atoms with van der Waals surface area (Å²) in [5.41, 5.74) is 10.5. The van der Waals surface area contributed by atoms with E-state index in [2.05, 4.69) is 15.0 Å². The Morgan fingerprint density at radius 1 is 0.889 bits per heavy atom. The first-order chi connectivity index (χ1) is 21.1. The molecule has 10 atom stereocenters. The Labute approximate surface area is 251 Å². The van der Waals surface area contributed by atoms with Crippen LogP contribution in [-0.4, -0.2) is 116 Å². The maximum atomic E-state index is 12.6. The number of hydrogen-bond acceptors (Lipinski definition) is 16. The molecular weight excluding hydrogens is 648 g/mol. The molecule has 3 aromatic heterocycles. The normalized spacial score (nSPS) is 31.2. The largest absolute Gasteiger partial charge is 0.387 e. The molecule has 2 aliphatic heterocycles. The second-order valence-corrected chi connectivity index (χ2v) is 14.4. The summed E-state index contributed by atoms with van der Waals surface area (Å²) in [7, 11) is -9.86. The van der Waals surface area contributed by atoms with Crippen molar-refractivity contribution in [3.63, 3.8) is 0 Å². The molecule has 0 saturated carbocycles. The molecule has 0 aliphatic carbocycles. The van der Waals surface area contributed by atoms with Gasteiger partial charge in [0, 0.05) is 12.3 Å². The Kier molecular flexibility index (Phi) is 9.26. The zero-order chi connectivity index (χ0) is 32.8. The fourth-order valence-corrected chi connectivity index (χ4v) is 8.00. The Morgan fingerprint density at radius 2 is 1.44 bits per heavy atom. The molecule has 5 heterocycles. The third-order valence-electron chi connectivity index (χ3n) is 7.07. The van der Waals surface area contributed by atoms with E-state index < -0.39 is 94.9 Å². The van der Waals surface area contributed by atoms with Crippen molar-refractivity contribution in [2.24, 2.45) is 5.73 Å². The van der Waals surface area contributed by atoms with Gasteiger partial charge in [0.25, 0.3) is 5.56 Å². The van der Waals surface area contributed by atoms with Crippen molar-refractivity contribution in [2.75, 3.05) is 24.9 Å². The first kappa shape index (κ1) is 33.2. The lowest BCUT2D eigenvalue weighted by molar-refractivity contribution is -0.0519. The number of nitrogens with zero attached hydrogens (tertiary/aromatic N) is 5. The van der Waals surface area contributed by atoms with Crippen LogP contribution in [0.4, 0.5) is 5.82 Å². The summed E-state index contributed by atoms with van der Waals surface area (Å²) in [6.07, 6.45) is -8.96. The van der Waals surface area contributed by atoms with Crippen LogP contribution >= 0.6 is 15.2 Å². The molecule has 0 bridgehead atoms. The molecule has 2 saturated heterocycles. The van der Waals surface area contributed by atoms with Gasteiger partial charge in [-0.15, -0.1) is 0 Å². The molecule has 10 N–H and O–H groups in total. The Hall–Kier alpha value is -3.17. The number of aromatic nitrogens is 5. The number of carbonyl (C=O) groups is 1. The number of primary amides is 1. The van der Waals surface area contributed by atoms with E-state index in [1.54, 1.807) is 0 Å². The van der Waals surface area contributed by atoms with Crippen LogP contribution in [0, 0.1) is 0 Å². The number of pyridine rings is 1. The van der Waals surface area contributed by atoms with E-state index >= 15 is 0 Å². The van der Waals surface area contributed by atoms with E-state index in [1.165, 1.54) is 10.9 Å². The molecule has 2 aliphatic rings. The predicted octanol–water partition coefficient (Wildman–Crippen LogP) is -3.03. The lowest BCUT2D eigenvalue weighted by Gasteiger charge is -2.21. The number of nitrogens with two attached hydrogens (primary N) is 2. The lowest BCUT2D eigenvalue weighted by atomic mass is 10.1. The van der Waals surface area contributed by atoms with E-state index in [1.807, 2.05) is 0 Å². The quantitative estimate of drug-likeness (QED) is 0.0935. The molecule has 0 spiro atoms. The fourth-order valence-electron chi connectivity index (χ4n) is 4.79. The van der Waals surface area contributed by atoms with Gasteiger partial charge in [-0.2, -0.15) is 0 Å². The van der Waals surface area contributed by atoms with Gasteiger partial charge in [-0.05, 0) is 6.07 Å². The molecule has 0 aromatic carbocycles. The van der Waals surface area contributed by atoms with Crippen molar-refractivity contribution in [3.8, 4) is 0 Å². The molecule has 246 valence electrons. The van der Waals surface area contributed by atoms with Crippen LogP contribution in [0.1, 0.15) is 22.8 Å². The Balaban J connectivity index is 1.17. The van der Waals surface area contributed by atoms with Gasteiger partial charge in [-0.1, -0.05) is 0 Å². The third kappa shape index (κ3) is 6.85. The van der Waals surface area contributed by atoms with Crippen molar-refractivity contribution in [3.05, 3.63) is 46.9 Å². The average Bonchev–Trinajstić information content (AvgIpc) is 3.61. The highest BCUT2D eigenvalue weighted by Crippen LogP contribution is 2.58. The topological polar surface area (TPSA) is 327 Å². The number of rotatable bonds is 11. The van der Waals surface area contributed by atoms with Crippen molar-refractivity contribution in [2.45, 2.75) is 49.1 Å². The zero-order valence-corrected chi connectivity index (χ0v) is 24.7. The minimum atomic E-state index is -4.94. The van der Waals surface area contributed by atoms with E-state index in [0.717, 1.165) is 29.2 Å². The summed E-state index contributed by atoms with van der Waals surface area (Å²) in [6, 6.07) is 2.12. The third-order valence-corrected chi connectivity index (χ3v) is 11.0. The summed E-state index contributed by atoms with van der Waals surface area (Å²) in [5.74, 6) is -2.27. The number of aliphatic hydroxyl groups excluding tert-OH is 4. The summed E-state index contributed by atoms with van der Waals surface area (Å²) >= 11 is 0. The molecule has 2 unspecified atom stereocenters. The maximum Gasteiger partial charge on any atom is 0.340 e. The number of amides is 1. The van der Waals surface area contributed by atoms with Crippen molar-refractivity contribution in [1.82, 2.24) is 24.1 Å². The van der Waals surface area contributed by atoms with Crippen molar-refractivity contribution < 1.29 is 62.7 Å². The minimum Gasteiger partial charge on any atom is -0.387 e. The molecular formula is C22H29N7O14P2. The SMILES string of the molecule is NC(=O)c1ccc(=O)n([C@@H]2O[C@H](COP(=O)(O)CP(=O)(O)OC[C@H]3O[C@@H](n4cnc5c(N)ncnc54)[C@H](O)[C@@H]3O)[C@@H](O)[C@H]2O)c1. The Bertz CT molecular complexity index is 1740. The molecule has 1 amide bonds. The summed E-state index contributed by atoms with van der Waals surface area (Å²) in [5, 5.41) is 41.7. The highest BCUT2D eigenvalue weighted by Gasteiger charge is 2.47. The van der Waals surface area contributed by atoms with Crippen LogP contribution in [0.15, 0.2) is 35.8 Å². The molecule has 2 fully saturated rings. The molecule has 3 aromatic rings. The fraction of sp³-hybridized carbons (Fsp3) is 0.500. The van der Waals surface area contributed by atoms with Gasteiger partial charge in [0.15, 0.2) is 29.8 Å². The van der Waals surface area contributed by atoms with Crippen LogP contribution in [0.5, 0.6) is 0 Å². The van der Waals surface area contributed by atoms with Crippen LogP contribution in [0.3, 0.4) is 0 Å². The van der Waals surface area contributed by atoms with Crippen molar-refractivity contribution in [1.29, 1.82) is 0 Å². The predicted molar refractivity (Wildman–Crippen MR) is 147 cm³/mol. The number of hydrogen-bond donors (Lipinski definition) is 8. The molecule has 23 heteroatoms. The first-order valence-corrected chi connectivity index (χ1v) is 16.5. The number of fused-ring (bicyclic) bond motifs is 1. The molecule has 0 radical (unpaired) electrons. The number of nitrogen functional groups attached to an aromatic ring is 1. The Morgan fingerprint density at radius 3 is 2.00 bits per heavy atom. The lowest BCUT2D eigenvalue weighted by Crippen LogP contribution is -2.35. The van der Waals surface area contributed by atoms with Gasteiger partial charge in [0.05, 0.1) is 25.1 Å². The second kappa shape index (κ2) is 12.6. The van der Waals surface area contributed by atoms with Crippen LogP contribution in [0.25, 0.3) is 11.2 Å². The second-order valence-electron chi connectivity index (χ2n) is 10.2. The van der Waals surface area contributed by atoms with E-state index in [4.69, 9.17) is 30.0 Å².